The lowest BCUT2D eigenvalue weighted by atomic mass is 10.00. The first kappa shape index (κ1) is 16.0. The molecule has 0 unspecified atom stereocenters. The van der Waals surface area contributed by atoms with Crippen LogP contribution in [0.1, 0.15) is 66.2 Å². The first-order chi connectivity index (χ1) is 9.49. The molecule has 0 amide bonds. The van der Waals surface area contributed by atoms with Gasteiger partial charge in [-0.2, -0.15) is 0 Å². The summed E-state index contributed by atoms with van der Waals surface area (Å²) in [7, 11) is 0. The number of rotatable bonds is 8. The molecule has 0 saturated carbocycles. The van der Waals surface area contributed by atoms with Crippen molar-refractivity contribution in [1.29, 1.82) is 0 Å². The van der Waals surface area contributed by atoms with Gasteiger partial charge in [-0.3, -0.25) is 4.79 Å². The summed E-state index contributed by atoms with van der Waals surface area (Å²) >= 11 is 0. The third-order valence-electron chi connectivity index (χ3n) is 3.26. The molecule has 0 atom stereocenters. The summed E-state index contributed by atoms with van der Waals surface area (Å²) in [6, 6.07) is 2.57. The molecule has 20 heavy (non-hydrogen) atoms. The van der Waals surface area contributed by atoms with Gasteiger partial charge in [0.1, 0.15) is 5.75 Å². The maximum Gasteiger partial charge on any atom is 0.337 e. The molecule has 0 fully saturated rings. The summed E-state index contributed by atoms with van der Waals surface area (Å²) < 4.78 is 0. The Balaban J connectivity index is 2.70. The maximum atomic E-state index is 12.0. The zero-order valence-corrected chi connectivity index (χ0v) is 11.7. The SMILES string of the molecule is CCCCCCCC(=O)c1ccc(C(=O)O)c(N)c1O. The number of carboxylic acid groups (broad SMARTS) is 1. The molecule has 0 aliphatic carbocycles. The number of anilines is 1. The van der Waals surface area contributed by atoms with Crippen molar-refractivity contribution >= 4 is 17.4 Å². The minimum absolute atomic E-state index is 0.1000. The minimum atomic E-state index is -1.23. The van der Waals surface area contributed by atoms with Gasteiger partial charge >= 0.3 is 5.97 Å². The number of aromatic carboxylic acids is 1. The molecule has 0 radical (unpaired) electrons. The van der Waals surface area contributed by atoms with Crippen LogP contribution in [-0.4, -0.2) is 22.0 Å². The van der Waals surface area contributed by atoms with Gasteiger partial charge in [0.05, 0.1) is 16.8 Å². The van der Waals surface area contributed by atoms with Crippen LogP contribution in [0.4, 0.5) is 5.69 Å². The fourth-order valence-electron chi connectivity index (χ4n) is 2.04. The van der Waals surface area contributed by atoms with Crippen LogP contribution in [0.5, 0.6) is 5.75 Å². The second kappa shape index (κ2) is 7.53. The Labute approximate surface area is 118 Å². The third kappa shape index (κ3) is 3.98. The Morgan fingerprint density at radius 1 is 1.10 bits per heavy atom. The van der Waals surface area contributed by atoms with Crippen LogP contribution in [0.2, 0.25) is 0 Å². The highest BCUT2D eigenvalue weighted by molar-refractivity contribution is 6.03. The van der Waals surface area contributed by atoms with Gasteiger partial charge in [0.2, 0.25) is 0 Å². The number of nitrogen functional groups attached to an aromatic ring is 1. The van der Waals surface area contributed by atoms with E-state index in [1.165, 1.54) is 12.1 Å². The molecule has 0 saturated heterocycles. The largest absolute Gasteiger partial charge is 0.505 e. The first-order valence-electron chi connectivity index (χ1n) is 6.87. The number of benzene rings is 1. The predicted octanol–water partition coefficient (Wildman–Crippen LogP) is 3.22. The van der Waals surface area contributed by atoms with Gasteiger partial charge in [-0.25, -0.2) is 4.79 Å². The van der Waals surface area contributed by atoms with E-state index in [1.54, 1.807) is 0 Å². The predicted molar refractivity (Wildman–Crippen MR) is 77.2 cm³/mol. The molecule has 1 rings (SSSR count). The van der Waals surface area contributed by atoms with E-state index in [9.17, 15) is 14.7 Å². The summed E-state index contributed by atoms with van der Waals surface area (Å²) in [5.74, 6) is -1.86. The summed E-state index contributed by atoms with van der Waals surface area (Å²) in [5, 5.41) is 18.7. The van der Waals surface area contributed by atoms with E-state index in [-0.39, 0.29) is 22.6 Å². The normalized spacial score (nSPS) is 10.4. The van der Waals surface area contributed by atoms with E-state index in [1.807, 2.05) is 0 Å². The number of phenols is 1. The average molecular weight is 279 g/mol. The summed E-state index contributed by atoms with van der Waals surface area (Å²) in [4.78, 5) is 22.8. The van der Waals surface area contributed by atoms with Gasteiger partial charge in [-0.15, -0.1) is 0 Å². The number of nitrogens with two attached hydrogens (primary N) is 1. The number of carbonyl (C=O) groups is 2. The molecule has 0 bridgehead atoms. The molecule has 0 heterocycles. The Kier molecular flexibility index (Phi) is 6.03. The molecule has 0 aromatic heterocycles. The van der Waals surface area contributed by atoms with Crippen LogP contribution in [0, 0.1) is 0 Å². The number of aromatic hydroxyl groups is 1. The number of Topliss-reactive ketones (excluding diaryl/α,β-unsaturated/α-hetero) is 1. The number of hydrogen-bond donors (Lipinski definition) is 3. The molecule has 0 aliphatic heterocycles. The highest BCUT2D eigenvalue weighted by Gasteiger charge is 2.18. The smallest absolute Gasteiger partial charge is 0.337 e. The second-order valence-electron chi connectivity index (χ2n) is 4.82. The average Bonchev–Trinajstić information content (AvgIpc) is 2.40. The number of ketones is 1. The van der Waals surface area contributed by atoms with E-state index in [2.05, 4.69) is 6.92 Å². The van der Waals surface area contributed by atoms with Gasteiger partial charge in [0.25, 0.3) is 0 Å². The molecular weight excluding hydrogens is 258 g/mol. The van der Waals surface area contributed by atoms with E-state index in [0.29, 0.717) is 6.42 Å². The maximum absolute atomic E-state index is 12.0. The van der Waals surface area contributed by atoms with Crippen molar-refractivity contribution in [2.75, 3.05) is 5.73 Å². The number of carbonyl (C=O) groups excluding carboxylic acids is 1. The zero-order chi connectivity index (χ0) is 15.1. The van der Waals surface area contributed by atoms with E-state index in [4.69, 9.17) is 10.8 Å². The van der Waals surface area contributed by atoms with Crippen molar-refractivity contribution in [3.8, 4) is 5.75 Å². The van der Waals surface area contributed by atoms with Crippen LogP contribution in [0.25, 0.3) is 0 Å². The highest BCUT2D eigenvalue weighted by Crippen LogP contribution is 2.30. The monoisotopic (exact) mass is 279 g/mol. The van der Waals surface area contributed by atoms with Crippen LogP contribution in [0.3, 0.4) is 0 Å². The fourth-order valence-corrected chi connectivity index (χ4v) is 2.04. The molecule has 1 aromatic carbocycles. The third-order valence-corrected chi connectivity index (χ3v) is 3.26. The van der Waals surface area contributed by atoms with E-state index >= 15 is 0 Å². The highest BCUT2D eigenvalue weighted by atomic mass is 16.4. The van der Waals surface area contributed by atoms with Crippen molar-refractivity contribution in [2.24, 2.45) is 0 Å². The molecule has 5 nitrogen and oxygen atoms in total. The summed E-state index contributed by atoms with van der Waals surface area (Å²) in [5.41, 5.74) is 5.19. The fraction of sp³-hybridized carbons (Fsp3) is 0.467. The van der Waals surface area contributed by atoms with Crippen molar-refractivity contribution in [3.05, 3.63) is 23.3 Å². The summed E-state index contributed by atoms with van der Waals surface area (Å²) in [6.45, 7) is 2.12. The van der Waals surface area contributed by atoms with Gasteiger partial charge in [-0.05, 0) is 18.6 Å². The Morgan fingerprint density at radius 3 is 2.30 bits per heavy atom. The number of carboxylic acids is 1. The van der Waals surface area contributed by atoms with Crippen molar-refractivity contribution < 1.29 is 19.8 Å². The quantitative estimate of drug-likeness (QED) is 0.293. The van der Waals surface area contributed by atoms with Crippen LogP contribution >= 0.6 is 0 Å². The molecular formula is C15H21NO4. The van der Waals surface area contributed by atoms with Crippen LogP contribution < -0.4 is 5.73 Å². The second-order valence-corrected chi connectivity index (χ2v) is 4.82. The number of unbranched alkanes of at least 4 members (excludes halogenated alkanes) is 4. The topological polar surface area (TPSA) is 101 Å². The van der Waals surface area contributed by atoms with Crippen LogP contribution in [-0.2, 0) is 0 Å². The van der Waals surface area contributed by atoms with Gasteiger partial charge in [0, 0.05) is 6.42 Å². The lowest BCUT2D eigenvalue weighted by molar-refractivity contribution is 0.0697. The lowest BCUT2D eigenvalue weighted by Crippen LogP contribution is -2.07. The number of hydrogen-bond acceptors (Lipinski definition) is 4. The van der Waals surface area contributed by atoms with E-state index in [0.717, 1.165) is 32.1 Å². The molecule has 0 spiro atoms. The van der Waals surface area contributed by atoms with Crippen LogP contribution in [0.15, 0.2) is 12.1 Å². The zero-order valence-electron chi connectivity index (χ0n) is 11.7. The number of phenolic OH excluding ortho intramolecular Hbond substituents is 1. The van der Waals surface area contributed by atoms with Crippen molar-refractivity contribution in [3.63, 3.8) is 0 Å². The molecule has 4 N–H and O–H groups in total. The summed E-state index contributed by atoms with van der Waals surface area (Å²) in [6.07, 6.45) is 5.46. The van der Waals surface area contributed by atoms with Crippen molar-refractivity contribution in [2.45, 2.75) is 45.4 Å². The van der Waals surface area contributed by atoms with Crippen molar-refractivity contribution in [1.82, 2.24) is 0 Å². The molecule has 1 aromatic rings. The Morgan fingerprint density at radius 2 is 1.70 bits per heavy atom. The molecule has 110 valence electrons. The Hall–Kier alpha value is -2.04. The minimum Gasteiger partial charge on any atom is -0.505 e. The first-order valence-corrected chi connectivity index (χ1v) is 6.87. The van der Waals surface area contributed by atoms with Gasteiger partial charge < -0.3 is 15.9 Å². The molecule has 0 aliphatic rings. The van der Waals surface area contributed by atoms with Gasteiger partial charge in [0.15, 0.2) is 5.78 Å². The lowest BCUT2D eigenvalue weighted by Gasteiger charge is -2.08. The molecule has 5 heteroatoms. The van der Waals surface area contributed by atoms with Gasteiger partial charge in [-0.1, -0.05) is 32.6 Å². The Bertz CT molecular complexity index is 497. The standard InChI is InChI=1S/C15H21NO4/c1-2-3-4-5-6-7-12(17)10-8-9-11(15(19)20)13(16)14(10)18/h8-9,18H,2-7,16H2,1H3,(H,19,20). The van der Waals surface area contributed by atoms with E-state index < -0.39 is 11.7 Å².